The molecule has 6 heteroatoms. The first-order chi connectivity index (χ1) is 6.20. The van der Waals surface area contributed by atoms with Crippen LogP contribution in [0.2, 0.25) is 0 Å². The zero-order chi connectivity index (χ0) is 9.42. The van der Waals surface area contributed by atoms with Gasteiger partial charge in [-0.05, 0) is 28.1 Å². The predicted octanol–water partition coefficient (Wildman–Crippen LogP) is 1.19. The number of aromatic nitrogens is 3. The fourth-order valence-corrected chi connectivity index (χ4v) is 1.54. The molecule has 66 valence electrons. The van der Waals surface area contributed by atoms with Crippen LogP contribution in [-0.2, 0) is 0 Å². The van der Waals surface area contributed by atoms with E-state index in [1.165, 1.54) is 10.8 Å². The fourth-order valence-electron chi connectivity index (χ4n) is 1.00. The van der Waals surface area contributed by atoms with Crippen LogP contribution in [0.3, 0.4) is 0 Å². The highest BCUT2D eigenvalue weighted by molar-refractivity contribution is 9.10. The zero-order valence-electron chi connectivity index (χ0n) is 6.31. The number of fused-ring (bicyclic) bond motifs is 1. The Hall–Kier alpha value is -1.43. The van der Waals surface area contributed by atoms with Gasteiger partial charge in [-0.15, -0.1) is 9.73 Å². The average Bonchev–Trinajstić information content (AvgIpc) is 2.45. The van der Waals surface area contributed by atoms with Gasteiger partial charge in [-0.25, -0.2) is 4.79 Å². The molecule has 0 aromatic carbocycles. The van der Waals surface area contributed by atoms with E-state index in [-0.39, 0.29) is 5.69 Å². The molecule has 0 unspecified atom stereocenters. The van der Waals surface area contributed by atoms with Crippen molar-refractivity contribution in [3.05, 3.63) is 28.5 Å². The first kappa shape index (κ1) is 8.18. The molecule has 0 fully saturated rings. The monoisotopic (exact) mass is 241 g/mol. The van der Waals surface area contributed by atoms with Gasteiger partial charge in [0.2, 0.25) is 0 Å². The highest BCUT2D eigenvalue weighted by atomic mass is 79.9. The minimum absolute atomic E-state index is 0.0290. The lowest BCUT2D eigenvalue weighted by molar-refractivity contribution is 0.0689. The summed E-state index contributed by atoms with van der Waals surface area (Å²) in [4.78, 5) is 10.7. The van der Waals surface area contributed by atoms with Gasteiger partial charge in [-0.1, -0.05) is 0 Å². The molecular formula is C7H4BrN3O2. The van der Waals surface area contributed by atoms with Crippen LogP contribution in [0.4, 0.5) is 0 Å². The van der Waals surface area contributed by atoms with Crippen LogP contribution in [0.25, 0.3) is 5.52 Å². The van der Waals surface area contributed by atoms with Gasteiger partial charge in [0.1, 0.15) is 5.52 Å². The van der Waals surface area contributed by atoms with Crippen LogP contribution in [0.5, 0.6) is 0 Å². The Labute approximate surface area is 81.1 Å². The molecule has 0 aliphatic heterocycles. The first-order valence-corrected chi connectivity index (χ1v) is 4.22. The minimum Gasteiger partial charge on any atom is -0.476 e. The van der Waals surface area contributed by atoms with E-state index >= 15 is 0 Å². The van der Waals surface area contributed by atoms with E-state index in [2.05, 4.69) is 26.1 Å². The second-order valence-corrected chi connectivity index (χ2v) is 3.16. The van der Waals surface area contributed by atoms with E-state index in [1.54, 1.807) is 12.1 Å². The van der Waals surface area contributed by atoms with Crippen LogP contribution in [0, 0.1) is 0 Å². The van der Waals surface area contributed by atoms with Gasteiger partial charge in [0, 0.05) is 6.20 Å². The Kier molecular flexibility index (Phi) is 1.77. The Morgan fingerprint density at radius 1 is 1.62 bits per heavy atom. The molecule has 0 amide bonds. The Morgan fingerprint density at radius 2 is 2.38 bits per heavy atom. The summed E-state index contributed by atoms with van der Waals surface area (Å²) in [6, 6.07) is 3.45. The van der Waals surface area contributed by atoms with Gasteiger partial charge in [-0.2, -0.15) is 5.10 Å². The Morgan fingerprint density at radius 3 is 3.00 bits per heavy atom. The SMILES string of the molecule is O=C(O)c1nn2ncccc2c1Br. The molecule has 5 nitrogen and oxygen atoms in total. The van der Waals surface area contributed by atoms with Crippen molar-refractivity contribution in [2.45, 2.75) is 0 Å². The molecule has 2 aromatic rings. The molecule has 0 aliphatic rings. The van der Waals surface area contributed by atoms with E-state index in [9.17, 15) is 4.79 Å². The van der Waals surface area contributed by atoms with Crippen molar-refractivity contribution in [1.29, 1.82) is 0 Å². The Balaban J connectivity index is 2.81. The molecule has 0 bridgehead atoms. The van der Waals surface area contributed by atoms with Gasteiger partial charge >= 0.3 is 5.97 Å². The molecule has 0 saturated heterocycles. The van der Waals surface area contributed by atoms with E-state index in [0.29, 0.717) is 9.99 Å². The maximum atomic E-state index is 10.7. The average molecular weight is 242 g/mol. The van der Waals surface area contributed by atoms with Crippen molar-refractivity contribution in [2.24, 2.45) is 0 Å². The van der Waals surface area contributed by atoms with E-state index in [4.69, 9.17) is 5.11 Å². The van der Waals surface area contributed by atoms with Gasteiger partial charge in [-0.3, -0.25) is 0 Å². The molecule has 13 heavy (non-hydrogen) atoms. The smallest absolute Gasteiger partial charge is 0.357 e. The number of rotatable bonds is 1. The zero-order valence-corrected chi connectivity index (χ0v) is 7.89. The second kappa shape index (κ2) is 2.81. The molecule has 0 radical (unpaired) electrons. The minimum atomic E-state index is -1.07. The third kappa shape index (κ3) is 1.19. The number of carboxylic acids is 1. The van der Waals surface area contributed by atoms with Crippen LogP contribution in [0.15, 0.2) is 22.8 Å². The van der Waals surface area contributed by atoms with Crippen LogP contribution in [-0.4, -0.2) is 25.9 Å². The van der Waals surface area contributed by atoms with Crippen LogP contribution in [0.1, 0.15) is 10.5 Å². The quantitative estimate of drug-likeness (QED) is 0.815. The first-order valence-electron chi connectivity index (χ1n) is 3.43. The molecule has 2 rings (SSSR count). The Bertz CT molecular complexity index is 480. The summed E-state index contributed by atoms with van der Waals surface area (Å²) in [5, 5.41) is 16.4. The van der Waals surface area contributed by atoms with Crippen molar-refractivity contribution < 1.29 is 9.90 Å². The molecule has 0 saturated carbocycles. The summed E-state index contributed by atoms with van der Waals surface area (Å²) in [6.45, 7) is 0. The maximum absolute atomic E-state index is 10.7. The van der Waals surface area contributed by atoms with Crippen LogP contribution >= 0.6 is 15.9 Å². The third-order valence-electron chi connectivity index (χ3n) is 1.56. The van der Waals surface area contributed by atoms with Crippen molar-refractivity contribution in [3.63, 3.8) is 0 Å². The fraction of sp³-hybridized carbons (Fsp3) is 0. The molecule has 0 atom stereocenters. The predicted molar refractivity (Wildman–Crippen MR) is 47.6 cm³/mol. The lowest BCUT2D eigenvalue weighted by atomic mass is 10.4. The summed E-state index contributed by atoms with van der Waals surface area (Å²) in [5.41, 5.74) is 0.610. The van der Waals surface area contributed by atoms with Gasteiger partial charge in [0.05, 0.1) is 4.47 Å². The molecule has 2 aromatic heterocycles. The van der Waals surface area contributed by atoms with E-state index in [0.717, 1.165) is 0 Å². The van der Waals surface area contributed by atoms with Gasteiger partial charge in [0.25, 0.3) is 0 Å². The summed E-state index contributed by atoms with van der Waals surface area (Å²) >= 11 is 3.15. The lowest BCUT2D eigenvalue weighted by Crippen LogP contribution is -1.99. The highest BCUT2D eigenvalue weighted by Crippen LogP contribution is 2.21. The van der Waals surface area contributed by atoms with Crippen molar-refractivity contribution >= 4 is 27.4 Å². The molecule has 0 spiro atoms. The number of hydrogen-bond donors (Lipinski definition) is 1. The molecule has 1 N–H and O–H groups in total. The van der Waals surface area contributed by atoms with Crippen LogP contribution < -0.4 is 0 Å². The van der Waals surface area contributed by atoms with Crippen molar-refractivity contribution in [3.8, 4) is 0 Å². The van der Waals surface area contributed by atoms with E-state index in [1.807, 2.05) is 0 Å². The molecule has 0 aliphatic carbocycles. The number of nitrogens with zero attached hydrogens (tertiary/aromatic N) is 3. The molecule has 2 heterocycles. The van der Waals surface area contributed by atoms with Crippen molar-refractivity contribution in [1.82, 2.24) is 14.8 Å². The van der Waals surface area contributed by atoms with Gasteiger partial charge in [0.15, 0.2) is 5.69 Å². The summed E-state index contributed by atoms with van der Waals surface area (Å²) < 4.78 is 1.72. The number of halogens is 1. The standard InChI is InChI=1S/C7H4BrN3O2/c8-5-4-2-1-3-9-11(4)10-6(5)7(12)13/h1-3H,(H,12,13). The second-order valence-electron chi connectivity index (χ2n) is 2.37. The topological polar surface area (TPSA) is 67.5 Å². The largest absolute Gasteiger partial charge is 0.476 e. The summed E-state index contributed by atoms with van der Waals surface area (Å²) in [5.74, 6) is -1.07. The maximum Gasteiger partial charge on any atom is 0.357 e. The molecular weight excluding hydrogens is 238 g/mol. The summed E-state index contributed by atoms with van der Waals surface area (Å²) in [6.07, 6.45) is 1.54. The normalized spacial score (nSPS) is 10.5. The summed E-state index contributed by atoms with van der Waals surface area (Å²) in [7, 11) is 0. The third-order valence-corrected chi connectivity index (χ3v) is 2.34. The number of hydrogen-bond acceptors (Lipinski definition) is 3. The highest BCUT2D eigenvalue weighted by Gasteiger charge is 2.16. The van der Waals surface area contributed by atoms with E-state index < -0.39 is 5.97 Å². The lowest BCUT2D eigenvalue weighted by Gasteiger charge is -1.87. The van der Waals surface area contributed by atoms with Gasteiger partial charge < -0.3 is 5.11 Å². The number of aromatic carboxylic acids is 1. The number of carbonyl (C=O) groups is 1. The van der Waals surface area contributed by atoms with Crippen molar-refractivity contribution in [2.75, 3.05) is 0 Å². The number of carboxylic acid groups (broad SMARTS) is 1.